The van der Waals surface area contributed by atoms with Gasteiger partial charge < -0.3 is 9.84 Å². The van der Waals surface area contributed by atoms with Crippen LogP contribution in [0.15, 0.2) is 84.0 Å². The highest BCUT2D eigenvalue weighted by Gasteiger charge is 2.14. The number of halogens is 1. The zero-order valence-electron chi connectivity index (χ0n) is 16.8. The van der Waals surface area contributed by atoms with Crippen molar-refractivity contribution in [2.75, 3.05) is 0 Å². The van der Waals surface area contributed by atoms with Gasteiger partial charge in [-0.15, -0.1) is 0 Å². The molecule has 0 saturated carbocycles. The first-order valence-electron chi connectivity index (χ1n) is 9.73. The molecule has 3 aromatic carbocycles. The summed E-state index contributed by atoms with van der Waals surface area (Å²) in [7, 11) is 0. The number of rotatable bonds is 7. The number of nitrogens with zero attached hydrogens (tertiary/aromatic N) is 2. The van der Waals surface area contributed by atoms with Gasteiger partial charge in [-0.25, -0.2) is 5.43 Å². The van der Waals surface area contributed by atoms with E-state index >= 15 is 0 Å². The van der Waals surface area contributed by atoms with Crippen LogP contribution in [0, 0.1) is 0 Å². The topological polar surface area (TPSA) is 99.6 Å². The third-order valence-corrected chi connectivity index (χ3v) is 4.97. The number of benzene rings is 3. The average Bonchev–Trinajstić information content (AvgIpc) is 3.30. The van der Waals surface area contributed by atoms with Gasteiger partial charge in [0.1, 0.15) is 23.8 Å². The molecule has 3 N–H and O–H groups in total. The summed E-state index contributed by atoms with van der Waals surface area (Å²) in [5.41, 5.74) is 5.61. The molecular weight excluding hydrogens is 428 g/mol. The maximum Gasteiger partial charge on any atom is 0.289 e. The fourth-order valence-corrected chi connectivity index (χ4v) is 3.13. The van der Waals surface area contributed by atoms with Crippen molar-refractivity contribution in [1.29, 1.82) is 0 Å². The molecule has 4 aromatic rings. The van der Waals surface area contributed by atoms with Crippen molar-refractivity contribution in [2.24, 2.45) is 5.10 Å². The van der Waals surface area contributed by atoms with Crippen LogP contribution in [0.3, 0.4) is 0 Å². The van der Waals surface area contributed by atoms with Gasteiger partial charge >= 0.3 is 0 Å². The number of amides is 1. The second-order valence-electron chi connectivity index (χ2n) is 6.83. The van der Waals surface area contributed by atoms with Crippen LogP contribution in [0.25, 0.3) is 11.3 Å². The van der Waals surface area contributed by atoms with E-state index in [0.29, 0.717) is 23.1 Å². The molecule has 32 heavy (non-hydrogen) atoms. The number of phenols is 1. The molecule has 0 spiro atoms. The summed E-state index contributed by atoms with van der Waals surface area (Å²) in [6.45, 7) is 0.306. The van der Waals surface area contributed by atoms with Crippen molar-refractivity contribution in [3.05, 3.63) is 101 Å². The van der Waals surface area contributed by atoms with Gasteiger partial charge in [0.15, 0.2) is 0 Å². The number of carbonyl (C=O) groups excluding carboxylic acids is 1. The van der Waals surface area contributed by atoms with Gasteiger partial charge in [0.2, 0.25) is 0 Å². The van der Waals surface area contributed by atoms with Gasteiger partial charge in [-0.1, -0.05) is 41.9 Å². The molecule has 0 atom stereocenters. The zero-order chi connectivity index (χ0) is 22.3. The molecule has 4 rings (SSSR count). The molecule has 0 aliphatic carbocycles. The summed E-state index contributed by atoms with van der Waals surface area (Å²) in [5.74, 6) is 0.344. The minimum Gasteiger partial charge on any atom is -0.508 e. The summed E-state index contributed by atoms with van der Waals surface area (Å²) < 4.78 is 5.97. The van der Waals surface area contributed by atoms with Crippen molar-refractivity contribution in [2.45, 2.75) is 6.61 Å². The summed E-state index contributed by atoms with van der Waals surface area (Å²) >= 11 is 6.21. The second-order valence-corrected chi connectivity index (χ2v) is 7.24. The van der Waals surface area contributed by atoms with E-state index in [1.54, 1.807) is 18.2 Å². The van der Waals surface area contributed by atoms with Crippen LogP contribution >= 0.6 is 11.6 Å². The van der Waals surface area contributed by atoms with E-state index in [2.05, 4.69) is 20.7 Å². The summed E-state index contributed by atoms with van der Waals surface area (Å²) in [4.78, 5) is 12.4. The number of ether oxygens (including phenoxy) is 1. The number of hydrazone groups is 1. The second kappa shape index (κ2) is 9.80. The van der Waals surface area contributed by atoms with E-state index in [-0.39, 0.29) is 11.4 Å². The third kappa shape index (κ3) is 5.14. The Bertz CT molecular complexity index is 1250. The molecule has 8 heteroatoms. The van der Waals surface area contributed by atoms with Crippen LogP contribution in [-0.2, 0) is 6.61 Å². The fourth-order valence-electron chi connectivity index (χ4n) is 2.94. The molecule has 7 nitrogen and oxygen atoms in total. The number of aromatic nitrogens is 2. The third-order valence-electron chi connectivity index (χ3n) is 4.60. The van der Waals surface area contributed by atoms with Crippen LogP contribution in [0.1, 0.15) is 21.6 Å². The van der Waals surface area contributed by atoms with Gasteiger partial charge in [-0.05, 0) is 54.1 Å². The van der Waals surface area contributed by atoms with Crippen molar-refractivity contribution >= 4 is 23.7 Å². The molecular formula is C24H19ClN4O3. The lowest BCUT2D eigenvalue weighted by molar-refractivity contribution is 0.0950. The number of carbonyl (C=O) groups is 1. The quantitative estimate of drug-likeness (QED) is 0.281. The predicted molar refractivity (Wildman–Crippen MR) is 123 cm³/mol. The molecule has 1 aromatic heterocycles. The maximum atomic E-state index is 12.4. The zero-order valence-corrected chi connectivity index (χ0v) is 17.6. The monoisotopic (exact) mass is 446 g/mol. The lowest BCUT2D eigenvalue weighted by Gasteiger charge is -2.11. The Balaban J connectivity index is 1.44. The lowest BCUT2D eigenvalue weighted by atomic mass is 10.1. The van der Waals surface area contributed by atoms with Crippen LogP contribution in [0.2, 0.25) is 5.02 Å². The van der Waals surface area contributed by atoms with Gasteiger partial charge in [0, 0.05) is 16.1 Å². The molecule has 0 unspecified atom stereocenters. The van der Waals surface area contributed by atoms with Gasteiger partial charge in [0.25, 0.3) is 5.91 Å². The molecule has 1 heterocycles. The Morgan fingerprint density at radius 1 is 1.09 bits per heavy atom. The SMILES string of the molecule is O=C(N/N=C/c1ccc(O)cc1)c1cc(-c2ccccc2OCc2ccccc2Cl)n[nH]1. The molecule has 0 saturated heterocycles. The van der Waals surface area contributed by atoms with E-state index in [9.17, 15) is 9.90 Å². The number of aromatic amines is 1. The van der Waals surface area contributed by atoms with E-state index in [4.69, 9.17) is 16.3 Å². The largest absolute Gasteiger partial charge is 0.508 e. The van der Waals surface area contributed by atoms with Crippen LogP contribution in [0.5, 0.6) is 11.5 Å². The Hall–Kier alpha value is -4.10. The smallest absolute Gasteiger partial charge is 0.289 e. The first-order chi connectivity index (χ1) is 15.6. The molecule has 0 fully saturated rings. The summed E-state index contributed by atoms with van der Waals surface area (Å²) in [6.07, 6.45) is 1.48. The van der Waals surface area contributed by atoms with Gasteiger partial charge in [0.05, 0.1) is 11.9 Å². The number of para-hydroxylation sites is 1. The number of hydrogen-bond acceptors (Lipinski definition) is 5. The molecule has 0 aliphatic rings. The maximum absolute atomic E-state index is 12.4. The number of H-pyrrole nitrogens is 1. The first-order valence-corrected chi connectivity index (χ1v) is 10.1. The van der Waals surface area contributed by atoms with Crippen molar-refractivity contribution < 1.29 is 14.6 Å². The minimum absolute atomic E-state index is 0.160. The summed E-state index contributed by atoms with van der Waals surface area (Å²) in [5, 5.41) is 20.8. The van der Waals surface area contributed by atoms with E-state index < -0.39 is 5.91 Å². The molecule has 160 valence electrons. The minimum atomic E-state index is -0.437. The Morgan fingerprint density at radius 2 is 1.84 bits per heavy atom. The highest BCUT2D eigenvalue weighted by Crippen LogP contribution is 2.30. The lowest BCUT2D eigenvalue weighted by Crippen LogP contribution is -2.17. The van der Waals surface area contributed by atoms with Crippen molar-refractivity contribution in [3.8, 4) is 22.8 Å². The molecule has 0 bridgehead atoms. The number of hydrogen-bond donors (Lipinski definition) is 3. The Kier molecular flexibility index (Phi) is 6.48. The normalized spacial score (nSPS) is 10.9. The number of aromatic hydroxyl groups is 1. The fraction of sp³-hybridized carbons (Fsp3) is 0.0417. The summed E-state index contributed by atoms with van der Waals surface area (Å²) in [6, 6.07) is 23.0. The van der Waals surface area contributed by atoms with E-state index in [1.165, 1.54) is 18.3 Å². The van der Waals surface area contributed by atoms with Crippen LogP contribution in [-0.4, -0.2) is 27.4 Å². The Labute approximate surface area is 189 Å². The van der Waals surface area contributed by atoms with Crippen LogP contribution in [0.4, 0.5) is 0 Å². The van der Waals surface area contributed by atoms with Crippen molar-refractivity contribution in [1.82, 2.24) is 15.6 Å². The van der Waals surface area contributed by atoms with Gasteiger partial charge in [-0.3, -0.25) is 9.89 Å². The number of nitrogens with one attached hydrogen (secondary N) is 2. The molecule has 1 amide bonds. The van der Waals surface area contributed by atoms with Crippen molar-refractivity contribution in [3.63, 3.8) is 0 Å². The highest BCUT2D eigenvalue weighted by molar-refractivity contribution is 6.31. The van der Waals surface area contributed by atoms with E-state index in [0.717, 1.165) is 16.7 Å². The first kappa shape index (κ1) is 21.1. The van der Waals surface area contributed by atoms with Crippen LogP contribution < -0.4 is 10.2 Å². The highest BCUT2D eigenvalue weighted by atomic mass is 35.5. The predicted octanol–water partition coefficient (Wildman–Crippen LogP) is 4.78. The molecule has 0 aliphatic heterocycles. The standard InChI is InChI=1S/C24H19ClN4O3/c25-20-7-3-1-5-17(20)15-32-23-8-4-2-6-19(23)21-13-22(28-27-21)24(31)29-26-14-16-9-11-18(30)12-10-16/h1-14,30H,15H2,(H,27,28)(H,29,31)/b26-14+. The van der Waals surface area contributed by atoms with Gasteiger partial charge in [-0.2, -0.15) is 10.2 Å². The average molecular weight is 447 g/mol. The molecule has 0 radical (unpaired) electrons. The Morgan fingerprint density at radius 3 is 2.66 bits per heavy atom. The van der Waals surface area contributed by atoms with E-state index in [1.807, 2.05) is 48.5 Å². The number of phenolic OH excluding ortho intramolecular Hbond substituents is 1.